The highest BCUT2D eigenvalue weighted by molar-refractivity contribution is 5.77. The minimum atomic E-state index is -0.497. The molecule has 2 aromatic rings. The van der Waals surface area contributed by atoms with Crippen molar-refractivity contribution >= 4 is 11.6 Å². The highest BCUT2D eigenvalue weighted by Gasteiger charge is 2.06. The molecular weight excluding hydrogens is 300 g/mol. The van der Waals surface area contributed by atoms with Gasteiger partial charge in [0.25, 0.3) is 11.6 Å². The fourth-order valence-corrected chi connectivity index (χ4v) is 1.74. The van der Waals surface area contributed by atoms with Crippen LogP contribution >= 0.6 is 0 Å². The molecule has 0 unspecified atom stereocenters. The zero-order valence-corrected chi connectivity index (χ0v) is 12.3. The van der Waals surface area contributed by atoms with Crippen LogP contribution in [0.4, 0.5) is 5.69 Å². The lowest BCUT2D eigenvalue weighted by Gasteiger charge is -2.08. The molecule has 2 rings (SSSR count). The second kappa shape index (κ2) is 8.38. The maximum absolute atomic E-state index is 11.6. The van der Waals surface area contributed by atoms with Crippen molar-refractivity contribution in [3.8, 4) is 11.5 Å². The molecule has 0 saturated carbocycles. The number of hydrogen-bond donors (Lipinski definition) is 1. The third kappa shape index (κ3) is 5.66. The van der Waals surface area contributed by atoms with E-state index in [1.807, 2.05) is 30.3 Å². The Labute approximate surface area is 133 Å². The van der Waals surface area contributed by atoms with Crippen LogP contribution in [0.15, 0.2) is 54.6 Å². The first-order valence-corrected chi connectivity index (χ1v) is 6.97. The minimum Gasteiger partial charge on any atom is -0.492 e. The maximum atomic E-state index is 11.6. The Balaban J connectivity index is 1.64. The van der Waals surface area contributed by atoms with Crippen molar-refractivity contribution in [2.24, 2.45) is 0 Å². The van der Waals surface area contributed by atoms with Crippen LogP contribution in [0, 0.1) is 10.1 Å². The van der Waals surface area contributed by atoms with Gasteiger partial charge >= 0.3 is 0 Å². The van der Waals surface area contributed by atoms with Crippen LogP contribution in [-0.4, -0.2) is 30.6 Å². The molecule has 0 heterocycles. The van der Waals surface area contributed by atoms with Gasteiger partial charge < -0.3 is 14.8 Å². The summed E-state index contributed by atoms with van der Waals surface area (Å²) in [5.74, 6) is 0.843. The van der Waals surface area contributed by atoms with E-state index in [4.69, 9.17) is 9.47 Å². The molecule has 1 amide bonds. The van der Waals surface area contributed by atoms with E-state index in [-0.39, 0.29) is 18.2 Å². The van der Waals surface area contributed by atoms with Gasteiger partial charge in [-0.3, -0.25) is 14.9 Å². The second-order valence-electron chi connectivity index (χ2n) is 4.55. The van der Waals surface area contributed by atoms with E-state index >= 15 is 0 Å². The van der Waals surface area contributed by atoms with Crippen molar-refractivity contribution in [3.05, 3.63) is 64.7 Å². The monoisotopic (exact) mass is 316 g/mol. The minimum absolute atomic E-state index is 0.0279. The standard InChI is InChI=1S/C16H16N2O5/c19-16(17-10-11-22-14-4-2-1-3-5-14)12-23-15-8-6-13(7-9-15)18(20)21/h1-9H,10-12H2,(H,17,19). The maximum Gasteiger partial charge on any atom is 0.269 e. The fraction of sp³-hybridized carbons (Fsp3) is 0.188. The lowest BCUT2D eigenvalue weighted by Crippen LogP contribution is -2.32. The number of carbonyl (C=O) groups is 1. The van der Waals surface area contributed by atoms with Gasteiger partial charge in [0.05, 0.1) is 11.5 Å². The van der Waals surface area contributed by atoms with Crippen LogP contribution in [0.1, 0.15) is 0 Å². The number of nitrogens with zero attached hydrogens (tertiary/aromatic N) is 1. The molecule has 0 spiro atoms. The van der Waals surface area contributed by atoms with E-state index in [0.29, 0.717) is 18.9 Å². The van der Waals surface area contributed by atoms with Gasteiger partial charge in [-0.1, -0.05) is 18.2 Å². The normalized spacial score (nSPS) is 9.91. The molecule has 0 aliphatic heterocycles. The van der Waals surface area contributed by atoms with Crippen molar-refractivity contribution in [1.29, 1.82) is 0 Å². The number of amides is 1. The number of nitro benzene ring substituents is 1. The Morgan fingerprint density at radius 1 is 1.00 bits per heavy atom. The predicted molar refractivity (Wildman–Crippen MR) is 83.5 cm³/mol. The van der Waals surface area contributed by atoms with E-state index in [0.717, 1.165) is 5.75 Å². The molecule has 120 valence electrons. The molecule has 0 atom stereocenters. The SMILES string of the molecule is O=C(COc1ccc([N+](=O)[O-])cc1)NCCOc1ccccc1. The van der Waals surface area contributed by atoms with Crippen molar-refractivity contribution < 1.29 is 19.2 Å². The molecule has 7 nitrogen and oxygen atoms in total. The Kier molecular flexibility index (Phi) is 5.93. The molecule has 0 bridgehead atoms. The quantitative estimate of drug-likeness (QED) is 0.458. The van der Waals surface area contributed by atoms with E-state index < -0.39 is 4.92 Å². The zero-order chi connectivity index (χ0) is 16.5. The van der Waals surface area contributed by atoms with E-state index in [1.165, 1.54) is 24.3 Å². The molecule has 0 aliphatic rings. The predicted octanol–water partition coefficient (Wildman–Crippen LogP) is 2.17. The number of nitro groups is 1. The number of para-hydroxylation sites is 1. The van der Waals surface area contributed by atoms with Gasteiger partial charge in [-0.05, 0) is 24.3 Å². The van der Waals surface area contributed by atoms with E-state index in [1.54, 1.807) is 0 Å². The van der Waals surface area contributed by atoms with Gasteiger partial charge in [-0.2, -0.15) is 0 Å². The molecular formula is C16H16N2O5. The van der Waals surface area contributed by atoms with Gasteiger partial charge in [-0.25, -0.2) is 0 Å². The zero-order valence-electron chi connectivity index (χ0n) is 12.3. The van der Waals surface area contributed by atoms with Crippen molar-refractivity contribution in [2.45, 2.75) is 0 Å². The summed E-state index contributed by atoms with van der Waals surface area (Å²) in [6, 6.07) is 14.8. The number of hydrogen-bond acceptors (Lipinski definition) is 5. The Bertz CT molecular complexity index is 643. The van der Waals surface area contributed by atoms with Gasteiger partial charge in [-0.15, -0.1) is 0 Å². The number of rotatable bonds is 8. The molecule has 7 heteroatoms. The number of nitrogens with one attached hydrogen (secondary N) is 1. The third-order valence-electron chi connectivity index (χ3n) is 2.85. The Morgan fingerprint density at radius 2 is 1.65 bits per heavy atom. The molecule has 0 aromatic heterocycles. The van der Waals surface area contributed by atoms with E-state index in [2.05, 4.69) is 5.32 Å². The van der Waals surface area contributed by atoms with Crippen molar-refractivity contribution in [3.63, 3.8) is 0 Å². The number of non-ortho nitro benzene ring substituents is 1. The summed E-state index contributed by atoms with van der Waals surface area (Å²) >= 11 is 0. The molecule has 0 fully saturated rings. The first-order chi connectivity index (χ1) is 11.1. The van der Waals surface area contributed by atoms with Gasteiger partial charge in [0.15, 0.2) is 6.61 Å². The number of carbonyl (C=O) groups excluding carboxylic acids is 1. The first kappa shape index (κ1) is 16.3. The van der Waals surface area contributed by atoms with Gasteiger partial charge in [0.2, 0.25) is 0 Å². The van der Waals surface area contributed by atoms with Crippen LogP contribution in [0.2, 0.25) is 0 Å². The lowest BCUT2D eigenvalue weighted by molar-refractivity contribution is -0.384. The van der Waals surface area contributed by atoms with Crippen LogP contribution in [0.3, 0.4) is 0 Å². The summed E-state index contributed by atoms with van der Waals surface area (Å²) in [5.41, 5.74) is -0.0279. The highest BCUT2D eigenvalue weighted by atomic mass is 16.6. The largest absolute Gasteiger partial charge is 0.492 e. The second-order valence-corrected chi connectivity index (χ2v) is 4.55. The first-order valence-electron chi connectivity index (χ1n) is 6.97. The van der Waals surface area contributed by atoms with Crippen LogP contribution in [-0.2, 0) is 4.79 Å². The van der Waals surface area contributed by atoms with Crippen LogP contribution in [0.5, 0.6) is 11.5 Å². The van der Waals surface area contributed by atoms with Crippen LogP contribution in [0.25, 0.3) is 0 Å². The molecule has 2 aromatic carbocycles. The van der Waals surface area contributed by atoms with E-state index in [9.17, 15) is 14.9 Å². The van der Waals surface area contributed by atoms with Gasteiger partial charge in [0.1, 0.15) is 18.1 Å². The molecule has 23 heavy (non-hydrogen) atoms. The molecule has 0 aliphatic carbocycles. The average molecular weight is 316 g/mol. The molecule has 0 saturated heterocycles. The van der Waals surface area contributed by atoms with Crippen molar-refractivity contribution in [1.82, 2.24) is 5.32 Å². The highest BCUT2D eigenvalue weighted by Crippen LogP contribution is 2.17. The number of ether oxygens (including phenoxy) is 2. The summed E-state index contributed by atoms with van der Waals surface area (Å²) in [6.45, 7) is 0.549. The topological polar surface area (TPSA) is 90.7 Å². The molecule has 1 N–H and O–H groups in total. The smallest absolute Gasteiger partial charge is 0.269 e. The Morgan fingerprint density at radius 3 is 2.30 bits per heavy atom. The summed E-state index contributed by atoms with van der Waals surface area (Å²) < 4.78 is 10.7. The average Bonchev–Trinajstić information content (AvgIpc) is 2.58. The van der Waals surface area contributed by atoms with Crippen molar-refractivity contribution in [2.75, 3.05) is 19.8 Å². The fourth-order valence-electron chi connectivity index (χ4n) is 1.74. The summed E-state index contributed by atoms with van der Waals surface area (Å²) in [6.07, 6.45) is 0. The summed E-state index contributed by atoms with van der Waals surface area (Å²) in [5, 5.41) is 13.2. The lowest BCUT2D eigenvalue weighted by atomic mass is 10.3. The summed E-state index contributed by atoms with van der Waals surface area (Å²) in [4.78, 5) is 21.6. The Hall–Kier alpha value is -3.09. The number of benzene rings is 2. The van der Waals surface area contributed by atoms with Crippen LogP contribution < -0.4 is 14.8 Å². The molecule has 0 radical (unpaired) electrons. The third-order valence-corrected chi connectivity index (χ3v) is 2.85. The summed E-state index contributed by atoms with van der Waals surface area (Å²) in [7, 11) is 0. The van der Waals surface area contributed by atoms with Gasteiger partial charge in [0, 0.05) is 12.1 Å².